The van der Waals surface area contributed by atoms with E-state index in [2.05, 4.69) is 4.98 Å². The van der Waals surface area contributed by atoms with Gasteiger partial charge in [-0.25, -0.2) is 4.98 Å². The van der Waals surface area contributed by atoms with E-state index in [4.69, 9.17) is 16.3 Å². The Bertz CT molecular complexity index is 308. The van der Waals surface area contributed by atoms with E-state index in [1.54, 1.807) is 6.07 Å². The van der Waals surface area contributed by atoms with Crippen molar-refractivity contribution in [3.05, 3.63) is 23.4 Å². The van der Waals surface area contributed by atoms with Gasteiger partial charge in [0.1, 0.15) is 11.3 Å². The van der Waals surface area contributed by atoms with Gasteiger partial charge in [-0.05, 0) is 31.7 Å². The predicted molar refractivity (Wildman–Crippen MR) is 61.4 cm³/mol. The van der Waals surface area contributed by atoms with E-state index in [0.29, 0.717) is 17.1 Å². The van der Waals surface area contributed by atoms with Gasteiger partial charge in [-0.2, -0.15) is 0 Å². The van der Waals surface area contributed by atoms with Crippen molar-refractivity contribution in [1.29, 1.82) is 0 Å². The van der Waals surface area contributed by atoms with E-state index in [1.807, 2.05) is 12.1 Å². The van der Waals surface area contributed by atoms with E-state index < -0.39 is 0 Å². The van der Waals surface area contributed by atoms with Crippen molar-refractivity contribution in [3.8, 4) is 5.88 Å². The van der Waals surface area contributed by atoms with Crippen LogP contribution in [0.5, 0.6) is 5.88 Å². The molecule has 0 radical (unpaired) electrons. The second-order valence-corrected chi connectivity index (χ2v) is 4.42. The summed E-state index contributed by atoms with van der Waals surface area (Å²) in [7, 11) is 0. The maximum atomic E-state index is 5.82. The van der Waals surface area contributed by atoms with Crippen LogP contribution in [0.15, 0.2) is 18.2 Å². The number of aromatic nitrogens is 1. The van der Waals surface area contributed by atoms with Gasteiger partial charge < -0.3 is 4.74 Å². The van der Waals surface area contributed by atoms with Crippen molar-refractivity contribution in [2.75, 3.05) is 0 Å². The van der Waals surface area contributed by atoms with Crippen LogP contribution in [0.2, 0.25) is 5.15 Å². The van der Waals surface area contributed by atoms with Crippen LogP contribution in [0, 0.1) is 0 Å². The molecule has 0 N–H and O–H groups in total. The third-order valence-corrected chi connectivity index (χ3v) is 2.99. The second kappa shape index (κ2) is 5.36. The molecule has 0 bridgehead atoms. The van der Waals surface area contributed by atoms with E-state index in [0.717, 1.165) is 12.8 Å². The number of rotatable bonds is 2. The topological polar surface area (TPSA) is 22.1 Å². The summed E-state index contributed by atoms with van der Waals surface area (Å²) < 4.78 is 5.82. The fraction of sp³-hybridized carbons (Fsp3) is 0.583. The molecule has 0 spiro atoms. The molecule has 82 valence electrons. The summed E-state index contributed by atoms with van der Waals surface area (Å²) in [6.45, 7) is 0. The van der Waals surface area contributed by atoms with Gasteiger partial charge >= 0.3 is 0 Å². The van der Waals surface area contributed by atoms with Gasteiger partial charge in [0, 0.05) is 6.07 Å². The van der Waals surface area contributed by atoms with Crippen molar-refractivity contribution in [1.82, 2.24) is 4.98 Å². The quantitative estimate of drug-likeness (QED) is 0.564. The first-order valence-corrected chi connectivity index (χ1v) is 6.01. The molecular weight excluding hydrogens is 210 g/mol. The summed E-state index contributed by atoms with van der Waals surface area (Å²) in [6, 6.07) is 5.51. The molecule has 1 heterocycles. The van der Waals surface area contributed by atoms with Crippen LogP contribution in [0.4, 0.5) is 0 Å². The Kier molecular flexibility index (Phi) is 3.84. The molecule has 0 saturated heterocycles. The molecule has 1 aromatic heterocycles. The van der Waals surface area contributed by atoms with Crippen molar-refractivity contribution in [3.63, 3.8) is 0 Å². The first-order chi connectivity index (χ1) is 7.34. The summed E-state index contributed by atoms with van der Waals surface area (Å²) in [5, 5.41) is 0.501. The molecule has 0 aliphatic heterocycles. The summed E-state index contributed by atoms with van der Waals surface area (Å²) in [5.41, 5.74) is 0. The van der Waals surface area contributed by atoms with Gasteiger partial charge in [0.15, 0.2) is 0 Å². The van der Waals surface area contributed by atoms with Crippen LogP contribution in [0.3, 0.4) is 0 Å². The molecule has 0 unspecified atom stereocenters. The minimum Gasteiger partial charge on any atom is -0.474 e. The first-order valence-electron chi connectivity index (χ1n) is 5.64. The standard InChI is InChI=1S/C12H16ClNO/c13-11-8-5-9-12(14-11)15-10-6-3-1-2-4-7-10/h5,8-10H,1-4,6-7H2. The fourth-order valence-electron chi connectivity index (χ4n) is 1.99. The molecule has 2 rings (SSSR count). The number of hydrogen-bond donors (Lipinski definition) is 0. The Morgan fingerprint density at radius 2 is 1.87 bits per heavy atom. The molecular formula is C12H16ClNO. The molecule has 1 saturated carbocycles. The van der Waals surface area contributed by atoms with Crippen LogP contribution in [0.25, 0.3) is 0 Å². The fourth-order valence-corrected chi connectivity index (χ4v) is 2.14. The molecule has 1 fully saturated rings. The van der Waals surface area contributed by atoms with Gasteiger partial charge in [0.25, 0.3) is 0 Å². The largest absolute Gasteiger partial charge is 0.474 e. The Morgan fingerprint density at radius 3 is 2.53 bits per heavy atom. The van der Waals surface area contributed by atoms with Crippen LogP contribution >= 0.6 is 11.6 Å². The Hall–Kier alpha value is -0.760. The molecule has 15 heavy (non-hydrogen) atoms. The smallest absolute Gasteiger partial charge is 0.214 e. The zero-order valence-corrected chi connectivity index (χ0v) is 9.54. The lowest BCUT2D eigenvalue weighted by Crippen LogP contribution is -2.15. The molecule has 1 aromatic rings. The van der Waals surface area contributed by atoms with E-state index >= 15 is 0 Å². The molecule has 0 amide bonds. The summed E-state index contributed by atoms with van der Waals surface area (Å²) in [5.74, 6) is 0.661. The van der Waals surface area contributed by atoms with Crippen molar-refractivity contribution >= 4 is 11.6 Å². The molecule has 3 heteroatoms. The predicted octanol–water partition coefficient (Wildman–Crippen LogP) is 3.84. The molecule has 1 aliphatic rings. The minimum absolute atomic E-state index is 0.332. The highest BCUT2D eigenvalue weighted by molar-refractivity contribution is 6.29. The Labute approximate surface area is 95.6 Å². The number of ether oxygens (including phenoxy) is 1. The summed E-state index contributed by atoms with van der Waals surface area (Å²) in [6.07, 6.45) is 7.84. The van der Waals surface area contributed by atoms with Crippen LogP contribution < -0.4 is 4.74 Å². The number of halogens is 1. The van der Waals surface area contributed by atoms with Crippen LogP contribution in [0.1, 0.15) is 38.5 Å². The summed E-state index contributed by atoms with van der Waals surface area (Å²) in [4.78, 5) is 4.14. The van der Waals surface area contributed by atoms with E-state index in [1.165, 1.54) is 25.7 Å². The number of hydrogen-bond acceptors (Lipinski definition) is 2. The lowest BCUT2D eigenvalue weighted by Gasteiger charge is -2.15. The first kappa shape index (κ1) is 10.7. The summed E-state index contributed by atoms with van der Waals surface area (Å²) >= 11 is 5.80. The van der Waals surface area contributed by atoms with E-state index in [9.17, 15) is 0 Å². The van der Waals surface area contributed by atoms with Gasteiger partial charge in [-0.3, -0.25) is 0 Å². The Morgan fingerprint density at radius 1 is 1.13 bits per heavy atom. The minimum atomic E-state index is 0.332. The average Bonchev–Trinajstić information content (AvgIpc) is 2.46. The van der Waals surface area contributed by atoms with E-state index in [-0.39, 0.29) is 0 Å². The lowest BCUT2D eigenvalue weighted by atomic mass is 10.1. The highest BCUT2D eigenvalue weighted by Crippen LogP contribution is 2.22. The van der Waals surface area contributed by atoms with Gasteiger partial charge in [-0.1, -0.05) is 30.5 Å². The van der Waals surface area contributed by atoms with Crippen molar-refractivity contribution in [2.45, 2.75) is 44.6 Å². The van der Waals surface area contributed by atoms with Crippen molar-refractivity contribution < 1.29 is 4.74 Å². The second-order valence-electron chi connectivity index (χ2n) is 4.03. The van der Waals surface area contributed by atoms with Gasteiger partial charge in [-0.15, -0.1) is 0 Å². The third kappa shape index (κ3) is 3.38. The van der Waals surface area contributed by atoms with Gasteiger partial charge in [0.05, 0.1) is 0 Å². The number of pyridine rings is 1. The highest BCUT2D eigenvalue weighted by Gasteiger charge is 2.14. The Balaban J connectivity index is 1.95. The zero-order valence-electron chi connectivity index (χ0n) is 8.79. The zero-order chi connectivity index (χ0) is 10.5. The molecule has 1 aliphatic carbocycles. The molecule has 0 atom stereocenters. The highest BCUT2D eigenvalue weighted by atomic mass is 35.5. The third-order valence-electron chi connectivity index (χ3n) is 2.78. The maximum absolute atomic E-state index is 5.82. The van der Waals surface area contributed by atoms with Crippen LogP contribution in [-0.4, -0.2) is 11.1 Å². The maximum Gasteiger partial charge on any atom is 0.214 e. The van der Waals surface area contributed by atoms with Crippen LogP contribution in [-0.2, 0) is 0 Å². The van der Waals surface area contributed by atoms with Crippen molar-refractivity contribution in [2.24, 2.45) is 0 Å². The van der Waals surface area contributed by atoms with Gasteiger partial charge in [0.2, 0.25) is 5.88 Å². The SMILES string of the molecule is Clc1cccc(OC2CCCCCC2)n1. The lowest BCUT2D eigenvalue weighted by molar-refractivity contribution is 0.176. The average molecular weight is 226 g/mol. The normalized spacial score (nSPS) is 18.5. The molecule has 2 nitrogen and oxygen atoms in total. The molecule has 0 aromatic carbocycles. The monoisotopic (exact) mass is 225 g/mol. The number of nitrogens with zero attached hydrogens (tertiary/aromatic N) is 1.